The minimum Gasteiger partial charge on any atom is -0.495 e. The quantitative estimate of drug-likeness (QED) is 0.672. The van der Waals surface area contributed by atoms with E-state index in [4.69, 9.17) is 4.74 Å². The van der Waals surface area contributed by atoms with E-state index < -0.39 is 0 Å². The van der Waals surface area contributed by atoms with E-state index in [-0.39, 0.29) is 11.9 Å². The first-order valence-corrected chi connectivity index (χ1v) is 9.73. The maximum atomic E-state index is 12.9. The highest BCUT2D eigenvalue weighted by atomic mass is 16.5. The molecule has 1 fully saturated rings. The van der Waals surface area contributed by atoms with E-state index in [1.54, 1.807) is 31.8 Å². The minimum atomic E-state index is -0.00584. The van der Waals surface area contributed by atoms with Crippen LogP contribution in [0.1, 0.15) is 27.5 Å². The van der Waals surface area contributed by atoms with E-state index in [2.05, 4.69) is 45.2 Å². The topological polar surface area (TPSA) is 58.6 Å². The number of hydrogen-bond acceptors (Lipinski definition) is 5. The molecule has 1 aliphatic rings. The molecule has 3 aromatic rings. The fraction of sp³-hybridized carbons (Fsp3) is 0.261. The number of carbonyl (C=O) groups excluding carboxylic acids is 1. The Bertz CT molecular complexity index is 902. The number of aromatic nitrogens is 2. The van der Waals surface area contributed by atoms with Crippen molar-refractivity contribution in [3.8, 4) is 5.75 Å². The van der Waals surface area contributed by atoms with Crippen LogP contribution in [0.25, 0.3) is 0 Å². The number of carbonyl (C=O) groups is 1. The highest BCUT2D eigenvalue weighted by Gasteiger charge is 2.28. The van der Waals surface area contributed by atoms with E-state index in [9.17, 15) is 4.79 Å². The van der Waals surface area contributed by atoms with Crippen LogP contribution >= 0.6 is 0 Å². The summed E-state index contributed by atoms with van der Waals surface area (Å²) in [4.78, 5) is 25.6. The molecule has 0 aliphatic carbocycles. The third kappa shape index (κ3) is 4.27. The van der Waals surface area contributed by atoms with Crippen LogP contribution in [0.3, 0.4) is 0 Å². The van der Waals surface area contributed by atoms with Crippen molar-refractivity contribution in [2.75, 3.05) is 33.3 Å². The van der Waals surface area contributed by atoms with Crippen LogP contribution in [0.5, 0.6) is 5.75 Å². The van der Waals surface area contributed by atoms with Gasteiger partial charge in [0, 0.05) is 44.8 Å². The van der Waals surface area contributed by atoms with Gasteiger partial charge in [0.25, 0.3) is 5.91 Å². The predicted molar refractivity (Wildman–Crippen MR) is 111 cm³/mol. The molecule has 6 heteroatoms. The van der Waals surface area contributed by atoms with Crippen LogP contribution < -0.4 is 4.74 Å². The fourth-order valence-corrected chi connectivity index (χ4v) is 3.80. The van der Waals surface area contributed by atoms with Crippen LogP contribution in [0.15, 0.2) is 73.3 Å². The Hall–Kier alpha value is -3.25. The average Bonchev–Trinajstić information content (AvgIpc) is 2.81. The number of pyridine rings is 2. The molecule has 6 nitrogen and oxygen atoms in total. The number of ether oxygens (including phenoxy) is 1. The number of methoxy groups -OCH3 is 1. The summed E-state index contributed by atoms with van der Waals surface area (Å²) < 4.78 is 5.19. The largest absolute Gasteiger partial charge is 0.495 e. The summed E-state index contributed by atoms with van der Waals surface area (Å²) in [6, 6.07) is 16.4. The lowest BCUT2D eigenvalue weighted by molar-refractivity contribution is 0.0596. The van der Waals surface area contributed by atoms with Crippen molar-refractivity contribution < 1.29 is 9.53 Å². The second-order valence-electron chi connectivity index (χ2n) is 7.04. The molecule has 4 rings (SSSR count). The van der Waals surface area contributed by atoms with E-state index in [1.165, 1.54) is 5.56 Å². The summed E-state index contributed by atoms with van der Waals surface area (Å²) in [5, 5.41) is 0. The van der Waals surface area contributed by atoms with Gasteiger partial charge >= 0.3 is 0 Å². The number of benzene rings is 1. The third-order valence-corrected chi connectivity index (χ3v) is 5.28. The fourth-order valence-electron chi connectivity index (χ4n) is 3.80. The monoisotopic (exact) mass is 388 g/mol. The molecular weight excluding hydrogens is 364 g/mol. The Labute approximate surface area is 170 Å². The second kappa shape index (κ2) is 8.84. The Kier molecular flexibility index (Phi) is 5.81. The Balaban J connectivity index is 1.50. The molecule has 0 N–H and O–H groups in total. The molecular formula is C23H24N4O2. The van der Waals surface area contributed by atoms with Crippen molar-refractivity contribution >= 4 is 5.91 Å². The van der Waals surface area contributed by atoms with Gasteiger partial charge in [-0.1, -0.05) is 36.4 Å². The van der Waals surface area contributed by atoms with E-state index in [1.807, 2.05) is 23.2 Å². The normalized spacial score (nSPS) is 15.7. The SMILES string of the molecule is COc1cncc(C(=O)N2CCN(C(c3ccccc3)c3cccnc3)CC2)c1. The summed E-state index contributed by atoms with van der Waals surface area (Å²) in [7, 11) is 1.58. The van der Waals surface area contributed by atoms with Gasteiger partial charge in [-0.05, 0) is 23.3 Å². The smallest absolute Gasteiger partial charge is 0.255 e. The predicted octanol–water partition coefficient (Wildman–Crippen LogP) is 3.03. The molecule has 2 aromatic heterocycles. The van der Waals surface area contributed by atoms with Gasteiger partial charge in [0.1, 0.15) is 5.75 Å². The average molecular weight is 388 g/mol. The van der Waals surface area contributed by atoms with Crippen LogP contribution in [-0.2, 0) is 0 Å². The summed E-state index contributed by atoms with van der Waals surface area (Å²) >= 11 is 0. The van der Waals surface area contributed by atoms with Crippen molar-refractivity contribution in [2.24, 2.45) is 0 Å². The Morgan fingerprint density at radius 1 is 0.931 bits per heavy atom. The van der Waals surface area contributed by atoms with E-state index >= 15 is 0 Å². The zero-order valence-electron chi connectivity index (χ0n) is 16.4. The maximum Gasteiger partial charge on any atom is 0.255 e. The van der Waals surface area contributed by atoms with Crippen molar-refractivity contribution in [3.63, 3.8) is 0 Å². The lowest BCUT2D eigenvalue weighted by Gasteiger charge is -2.39. The molecule has 3 heterocycles. The Morgan fingerprint density at radius 2 is 1.69 bits per heavy atom. The first-order valence-electron chi connectivity index (χ1n) is 9.73. The molecule has 1 amide bonds. The molecule has 1 aromatic carbocycles. The van der Waals surface area contributed by atoms with Crippen molar-refractivity contribution in [1.29, 1.82) is 0 Å². The lowest BCUT2D eigenvalue weighted by Crippen LogP contribution is -2.49. The molecule has 0 bridgehead atoms. The summed E-state index contributed by atoms with van der Waals surface area (Å²) in [6.07, 6.45) is 6.92. The maximum absolute atomic E-state index is 12.9. The number of hydrogen-bond donors (Lipinski definition) is 0. The van der Waals surface area contributed by atoms with Gasteiger partial charge in [0.05, 0.1) is 24.9 Å². The zero-order chi connectivity index (χ0) is 20.1. The number of amides is 1. The number of nitrogens with zero attached hydrogens (tertiary/aromatic N) is 4. The van der Waals surface area contributed by atoms with Crippen molar-refractivity contribution in [3.05, 3.63) is 90.0 Å². The zero-order valence-corrected chi connectivity index (χ0v) is 16.4. The van der Waals surface area contributed by atoms with Crippen molar-refractivity contribution in [1.82, 2.24) is 19.8 Å². The number of piperazine rings is 1. The van der Waals surface area contributed by atoms with E-state index in [0.717, 1.165) is 18.7 Å². The van der Waals surface area contributed by atoms with Crippen molar-refractivity contribution in [2.45, 2.75) is 6.04 Å². The standard InChI is InChI=1S/C23H24N4O2/c1-29-21-14-20(16-25-17-21)23(28)27-12-10-26(11-13-27)22(18-6-3-2-4-7-18)19-8-5-9-24-15-19/h2-9,14-17,22H,10-13H2,1H3. The van der Waals surface area contributed by atoms with Crippen LogP contribution in [0, 0.1) is 0 Å². The van der Waals surface area contributed by atoms with Gasteiger partial charge in [-0.3, -0.25) is 19.7 Å². The minimum absolute atomic E-state index is 0.00584. The first kappa shape index (κ1) is 19.1. The summed E-state index contributed by atoms with van der Waals surface area (Å²) in [5.41, 5.74) is 2.96. The van der Waals surface area contributed by atoms with Crippen LogP contribution in [-0.4, -0.2) is 59.0 Å². The van der Waals surface area contributed by atoms with Crippen LogP contribution in [0.2, 0.25) is 0 Å². The first-order chi connectivity index (χ1) is 14.3. The molecule has 0 saturated carbocycles. The molecule has 29 heavy (non-hydrogen) atoms. The van der Waals surface area contributed by atoms with Gasteiger partial charge in [0.2, 0.25) is 0 Å². The number of rotatable bonds is 5. The van der Waals surface area contributed by atoms with Crippen LogP contribution in [0.4, 0.5) is 0 Å². The van der Waals surface area contributed by atoms with Gasteiger partial charge in [0.15, 0.2) is 0 Å². The Morgan fingerprint density at radius 3 is 2.38 bits per heavy atom. The molecule has 1 aliphatic heterocycles. The highest BCUT2D eigenvalue weighted by Crippen LogP contribution is 2.29. The van der Waals surface area contributed by atoms with Gasteiger partial charge in [-0.15, -0.1) is 0 Å². The van der Waals surface area contributed by atoms with Gasteiger partial charge in [-0.25, -0.2) is 0 Å². The molecule has 0 radical (unpaired) electrons. The van der Waals surface area contributed by atoms with Gasteiger partial charge < -0.3 is 9.64 Å². The van der Waals surface area contributed by atoms with Gasteiger partial charge in [-0.2, -0.15) is 0 Å². The second-order valence-corrected chi connectivity index (χ2v) is 7.04. The molecule has 0 spiro atoms. The summed E-state index contributed by atoms with van der Waals surface area (Å²) in [6.45, 7) is 2.91. The third-order valence-electron chi connectivity index (χ3n) is 5.28. The highest BCUT2D eigenvalue weighted by molar-refractivity contribution is 5.94. The van der Waals surface area contributed by atoms with E-state index in [0.29, 0.717) is 24.4 Å². The molecule has 1 unspecified atom stereocenters. The molecule has 148 valence electrons. The lowest BCUT2D eigenvalue weighted by atomic mass is 9.97. The molecule has 1 atom stereocenters. The molecule has 1 saturated heterocycles. The summed E-state index contributed by atoms with van der Waals surface area (Å²) in [5.74, 6) is 0.587.